The Hall–Kier alpha value is -1.92. The van der Waals surface area contributed by atoms with Gasteiger partial charge in [-0.3, -0.25) is 9.59 Å². The number of carbonyl (C=O) groups is 3. The van der Waals surface area contributed by atoms with Crippen LogP contribution in [0.4, 0.5) is 4.79 Å². The quantitative estimate of drug-likeness (QED) is 0.436. The van der Waals surface area contributed by atoms with E-state index >= 15 is 0 Å². The van der Waals surface area contributed by atoms with Crippen molar-refractivity contribution in [3.63, 3.8) is 0 Å². The van der Waals surface area contributed by atoms with Crippen LogP contribution in [0.15, 0.2) is 5.10 Å². The highest BCUT2D eigenvalue weighted by Crippen LogP contribution is 2.35. The van der Waals surface area contributed by atoms with Crippen LogP contribution in [0.5, 0.6) is 0 Å². The van der Waals surface area contributed by atoms with E-state index in [1.54, 1.807) is 0 Å². The van der Waals surface area contributed by atoms with Crippen molar-refractivity contribution in [1.29, 1.82) is 0 Å². The van der Waals surface area contributed by atoms with Gasteiger partial charge in [0.1, 0.15) is 11.9 Å². The van der Waals surface area contributed by atoms with Crippen LogP contribution >= 0.6 is 0 Å². The largest absolute Gasteiger partial charge is 0.461 e. The van der Waals surface area contributed by atoms with Crippen molar-refractivity contribution in [2.75, 3.05) is 0 Å². The van der Waals surface area contributed by atoms with Gasteiger partial charge in [0.2, 0.25) is 0 Å². The van der Waals surface area contributed by atoms with E-state index in [2.05, 4.69) is 10.5 Å². The molecular formula is C14H23N3O4. The molecule has 1 unspecified atom stereocenters. The number of primary amides is 1. The maximum absolute atomic E-state index is 12.0. The van der Waals surface area contributed by atoms with Gasteiger partial charge in [-0.15, -0.1) is 0 Å². The Balaban J connectivity index is 2.72. The third-order valence-corrected chi connectivity index (χ3v) is 3.79. The van der Waals surface area contributed by atoms with Crippen molar-refractivity contribution in [1.82, 2.24) is 5.43 Å². The Kier molecular flexibility index (Phi) is 6.33. The Labute approximate surface area is 124 Å². The maximum atomic E-state index is 12.0. The number of hydrogen-bond acceptors (Lipinski definition) is 5. The summed E-state index contributed by atoms with van der Waals surface area (Å²) in [4.78, 5) is 33.8. The lowest BCUT2D eigenvalue weighted by Crippen LogP contribution is -2.37. The lowest BCUT2D eigenvalue weighted by atomic mass is 9.83. The highest BCUT2D eigenvalue weighted by Gasteiger charge is 2.41. The van der Waals surface area contributed by atoms with Crippen molar-refractivity contribution < 1.29 is 19.1 Å². The molecule has 118 valence electrons. The number of nitrogens with one attached hydrogen (secondary N) is 1. The van der Waals surface area contributed by atoms with Gasteiger partial charge in [-0.2, -0.15) is 5.10 Å². The highest BCUT2D eigenvalue weighted by molar-refractivity contribution is 5.84. The second kappa shape index (κ2) is 7.75. The molecule has 1 saturated carbocycles. The average Bonchev–Trinajstić information content (AvgIpc) is 2.71. The second-order valence-corrected chi connectivity index (χ2v) is 5.58. The van der Waals surface area contributed by atoms with Crippen LogP contribution in [0.2, 0.25) is 0 Å². The highest BCUT2D eigenvalue weighted by atomic mass is 16.5. The van der Waals surface area contributed by atoms with Gasteiger partial charge in [-0.05, 0) is 24.7 Å². The SMILES string of the molecule is CC(=O)O[C@H]([C@H](C)C/C=N/NC(N)=O)[C@H]1C(=O)CCC1C. The number of ketones is 1. The van der Waals surface area contributed by atoms with Gasteiger partial charge in [-0.25, -0.2) is 10.2 Å². The topological polar surface area (TPSA) is 111 Å². The molecule has 3 N–H and O–H groups in total. The van der Waals surface area contributed by atoms with Crippen LogP contribution in [-0.2, 0) is 14.3 Å². The molecule has 0 aromatic carbocycles. The molecule has 1 aliphatic rings. The number of urea groups is 1. The number of Topliss-reactive ketones (excluding diaryl/α,β-unsaturated/α-hetero) is 1. The summed E-state index contributed by atoms with van der Waals surface area (Å²) in [5.41, 5.74) is 6.99. The Morgan fingerprint density at radius 1 is 1.57 bits per heavy atom. The smallest absolute Gasteiger partial charge is 0.332 e. The Morgan fingerprint density at radius 3 is 2.71 bits per heavy atom. The fraction of sp³-hybridized carbons (Fsp3) is 0.714. The maximum Gasteiger partial charge on any atom is 0.332 e. The molecule has 0 aliphatic heterocycles. The van der Waals surface area contributed by atoms with Gasteiger partial charge in [0, 0.05) is 19.6 Å². The summed E-state index contributed by atoms with van der Waals surface area (Å²) in [6, 6.07) is -0.741. The van der Waals surface area contributed by atoms with Gasteiger partial charge >= 0.3 is 12.0 Å². The zero-order valence-corrected chi connectivity index (χ0v) is 12.7. The lowest BCUT2D eigenvalue weighted by Gasteiger charge is -2.29. The summed E-state index contributed by atoms with van der Waals surface area (Å²) in [7, 11) is 0. The first-order valence-corrected chi connectivity index (χ1v) is 7.09. The number of amides is 2. The minimum atomic E-state index is -0.741. The number of rotatable bonds is 6. The monoisotopic (exact) mass is 297 g/mol. The molecule has 7 nitrogen and oxygen atoms in total. The van der Waals surface area contributed by atoms with E-state index in [4.69, 9.17) is 10.5 Å². The number of hydrazone groups is 1. The molecule has 0 heterocycles. The van der Waals surface area contributed by atoms with Crippen molar-refractivity contribution in [2.24, 2.45) is 28.6 Å². The number of carbonyl (C=O) groups excluding carboxylic acids is 3. The minimum absolute atomic E-state index is 0.0816. The van der Waals surface area contributed by atoms with E-state index in [1.807, 2.05) is 13.8 Å². The van der Waals surface area contributed by atoms with Crippen molar-refractivity contribution in [2.45, 2.75) is 46.1 Å². The number of esters is 1. The van der Waals surface area contributed by atoms with Crippen LogP contribution < -0.4 is 11.2 Å². The van der Waals surface area contributed by atoms with Gasteiger partial charge in [0.05, 0.1) is 5.92 Å². The summed E-state index contributed by atoms with van der Waals surface area (Å²) in [5.74, 6) is -0.396. The average molecular weight is 297 g/mol. The predicted octanol–water partition coefficient (Wildman–Crippen LogP) is 1.21. The first-order valence-electron chi connectivity index (χ1n) is 7.09. The van der Waals surface area contributed by atoms with Gasteiger partial charge in [-0.1, -0.05) is 13.8 Å². The van der Waals surface area contributed by atoms with Gasteiger partial charge in [0.25, 0.3) is 0 Å². The van der Waals surface area contributed by atoms with Crippen molar-refractivity contribution in [3.8, 4) is 0 Å². The third-order valence-electron chi connectivity index (χ3n) is 3.79. The minimum Gasteiger partial charge on any atom is -0.461 e. The summed E-state index contributed by atoms with van der Waals surface area (Å²) in [6.45, 7) is 5.23. The number of nitrogens with two attached hydrogens (primary N) is 1. The van der Waals surface area contributed by atoms with Crippen LogP contribution in [0.3, 0.4) is 0 Å². The summed E-state index contributed by atoms with van der Waals surface area (Å²) in [6.07, 6.45) is 2.86. The first kappa shape index (κ1) is 17.1. The molecule has 21 heavy (non-hydrogen) atoms. The van der Waals surface area contributed by atoms with Gasteiger partial charge < -0.3 is 10.5 Å². The summed E-state index contributed by atoms with van der Waals surface area (Å²) < 4.78 is 5.38. The molecule has 4 atom stereocenters. The van der Waals surface area contributed by atoms with Gasteiger partial charge in [0.15, 0.2) is 0 Å². The third kappa shape index (κ3) is 5.17. The van der Waals surface area contributed by atoms with E-state index in [1.165, 1.54) is 13.1 Å². The van der Waals surface area contributed by atoms with Crippen molar-refractivity contribution in [3.05, 3.63) is 0 Å². The number of hydrogen-bond donors (Lipinski definition) is 2. The molecule has 2 amide bonds. The summed E-state index contributed by atoms with van der Waals surface area (Å²) >= 11 is 0. The molecule has 0 saturated heterocycles. The molecule has 0 aromatic heterocycles. The van der Waals surface area contributed by atoms with Crippen LogP contribution in [0.1, 0.15) is 40.0 Å². The zero-order valence-electron chi connectivity index (χ0n) is 12.7. The predicted molar refractivity (Wildman–Crippen MR) is 77.4 cm³/mol. The molecule has 0 spiro atoms. The normalized spacial score (nSPS) is 24.8. The Morgan fingerprint density at radius 2 is 2.24 bits per heavy atom. The fourth-order valence-corrected chi connectivity index (χ4v) is 2.74. The Bertz CT molecular complexity index is 436. The van der Waals surface area contributed by atoms with E-state index in [0.29, 0.717) is 12.8 Å². The van der Waals surface area contributed by atoms with E-state index in [0.717, 1.165) is 6.42 Å². The lowest BCUT2D eigenvalue weighted by molar-refractivity contribution is -0.154. The van der Waals surface area contributed by atoms with E-state index < -0.39 is 18.1 Å². The van der Waals surface area contributed by atoms with E-state index in [-0.39, 0.29) is 23.5 Å². The fourth-order valence-electron chi connectivity index (χ4n) is 2.74. The summed E-state index contributed by atoms with van der Waals surface area (Å²) in [5, 5.41) is 3.66. The van der Waals surface area contributed by atoms with Crippen molar-refractivity contribution >= 4 is 24.0 Å². The van der Waals surface area contributed by atoms with E-state index in [9.17, 15) is 14.4 Å². The number of ether oxygens (including phenoxy) is 1. The van der Waals surface area contributed by atoms with Crippen LogP contribution in [-0.4, -0.2) is 30.1 Å². The molecule has 1 rings (SSSR count). The molecule has 0 radical (unpaired) electrons. The molecule has 0 aromatic rings. The first-order chi connectivity index (χ1) is 9.82. The standard InChI is InChI=1S/C14H23N3O4/c1-8-4-5-11(19)12(8)13(21-10(3)18)9(2)6-7-16-17-14(15)20/h7-9,12-13H,4-6H2,1-3H3,(H3,15,17,20)/b16-7+/t8?,9-,12-,13-/m1/s1. The molecular weight excluding hydrogens is 274 g/mol. The molecule has 7 heteroatoms. The molecule has 1 aliphatic carbocycles. The second-order valence-electron chi connectivity index (χ2n) is 5.58. The zero-order chi connectivity index (χ0) is 16.0. The molecule has 1 fully saturated rings. The van der Waals surface area contributed by atoms with Crippen LogP contribution in [0, 0.1) is 17.8 Å². The molecule has 0 bridgehead atoms. The number of nitrogens with zero attached hydrogens (tertiary/aromatic N) is 1. The van der Waals surface area contributed by atoms with Crippen LogP contribution in [0.25, 0.3) is 0 Å².